The Morgan fingerprint density at radius 2 is 1.61 bits per heavy atom. The molecule has 1 atom stereocenters. The fraction of sp³-hybridized carbons (Fsp3) is 0.321. The van der Waals surface area contributed by atoms with Crippen molar-refractivity contribution in [2.24, 2.45) is 4.99 Å². The van der Waals surface area contributed by atoms with Crippen molar-refractivity contribution in [3.8, 4) is 0 Å². The van der Waals surface area contributed by atoms with Crippen LogP contribution in [0.4, 0.5) is 5.69 Å². The number of benzene rings is 2. The van der Waals surface area contributed by atoms with E-state index >= 15 is 0 Å². The Morgan fingerprint density at radius 1 is 0.970 bits per heavy atom. The first-order valence-corrected chi connectivity index (χ1v) is 11.5. The van der Waals surface area contributed by atoms with Gasteiger partial charge in [0.25, 0.3) is 5.91 Å². The van der Waals surface area contributed by atoms with Crippen molar-refractivity contribution in [2.75, 3.05) is 5.32 Å². The highest BCUT2D eigenvalue weighted by molar-refractivity contribution is 6.09. The molecule has 0 spiro atoms. The summed E-state index contributed by atoms with van der Waals surface area (Å²) in [4.78, 5) is 21.6. The van der Waals surface area contributed by atoms with E-state index in [1.165, 1.54) is 11.1 Å². The van der Waals surface area contributed by atoms with Crippen LogP contribution in [0, 0.1) is 0 Å². The molecule has 0 fully saturated rings. The quantitative estimate of drug-likeness (QED) is 0.348. The molecule has 2 N–H and O–H groups in total. The molecule has 5 nitrogen and oxygen atoms in total. The maximum absolute atomic E-state index is 13.0. The Bertz CT molecular complexity index is 1070. The van der Waals surface area contributed by atoms with Crippen LogP contribution in [0.1, 0.15) is 74.0 Å². The number of amides is 1. The molecular formula is C28H34N4O. The third-order valence-corrected chi connectivity index (χ3v) is 5.77. The molecule has 172 valence electrons. The molecule has 3 rings (SSSR count). The van der Waals surface area contributed by atoms with Crippen LogP contribution in [0.15, 0.2) is 78.0 Å². The van der Waals surface area contributed by atoms with Gasteiger partial charge in [0, 0.05) is 23.6 Å². The monoisotopic (exact) mass is 442 g/mol. The van der Waals surface area contributed by atoms with Gasteiger partial charge in [-0.05, 0) is 70.8 Å². The molecular weight excluding hydrogens is 408 g/mol. The van der Waals surface area contributed by atoms with Crippen LogP contribution in [0.25, 0.3) is 0 Å². The summed E-state index contributed by atoms with van der Waals surface area (Å²) in [6, 6.07) is 19.8. The van der Waals surface area contributed by atoms with E-state index in [1.54, 1.807) is 12.4 Å². The largest absolute Gasteiger partial charge is 0.326 e. The summed E-state index contributed by atoms with van der Waals surface area (Å²) in [7, 11) is 0. The number of guanidine groups is 1. The Morgan fingerprint density at radius 3 is 2.18 bits per heavy atom. The van der Waals surface area contributed by atoms with Crippen molar-refractivity contribution in [3.05, 3.63) is 95.3 Å². The zero-order chi connectivity index (χ0) is 23.8. The third-order valence-electron chi connectivity index (χ3n) is 5.77. The molecule has 0 aliphatic rings. The number of nitrogens with one attached hydrogen (secondary N) is 2. The minimum atomic E-state index is -0.201. The van der Waals surface area contributed by atoms with Gasteiger partial charge >= 0.3 is 0 Å². The number of rotatable bonds is 6. The van der Waals surface area contributed by atoms with Gasteiger partial charge in [-0.25, -0.2) is 4.99 Å². The van der Waals surface area contributed by atoms with E-state index in [4.69, 9.17) is 0 Å². The number of nitrogens with zero attached hydrogens (tertiary/aromatic N) is 2. The Labute approximate surface area is 197 Å². The number of carbonyl (C=O) groups is 1. The molecule has 1 unspecified atom stereocenters. The van der Waals surface area contributed by atoms with Crippen molar-refractivity contribution in [1.29, 1.82) is 0 Å². The highest BCUT2D eigenvalue weighted by Crippen LogP contribution is 2.22. The van der Waals surface area contributed by atoms with Crippen molar-refractivity contribution in [3.63, 3.8) is 0 Å². The average Bonchev–Trinajstić information content (AvgIpc) is 2.82. The van der Waals surface area contributed by atoms with Gasteiger partial charge in [-0.1, -0.05) is 58.9 Å². The SMILES string of the molecule is CCC(C)c1ccc(NC(=NCc2ccncc2)NC(=O)c2ccc(C(C)(C)C)cc2)cc1. The number of anilines is 1. The summed E-state index contributed by atoms with van der Waals surface area (Å²) >= 11 is 0. The van der Waals surface area contributed by atoms with Crippen molar-refractivity contribution < 1.29 is 4.79 Å². The molecule has 0 saturated heterocycles. The zero-order valence-corrected chi connectivity index (χ0v) is 20.2. The van der Waals surface area contributed by atoms with Crippen LogP contribution in [-0.2, 0) is 12.0 Å². The highest BCUT2D eigenvalue weighted by Gasteiger charge is 2.15. The molecule has 0 aliphatic carbocycles. The fourth-order valence-corrected chi connectivity index (χ4v) is 3.34. The molecule has 33 heavy (non-hydrogen) atoms. The molecule has 1 heterocycles. The van der Waals surface area contributed by atoms with Gasteiger partial charge in [0.2, 0.25) is 5.96 Å². The summed E-state index contributed by atoms with van der Waals surface area (Å²) in [5, 5.41) is 6.22. The Kier molecular flexibility index (Phi) is 7.99. The van der Waals surface area contributed by atoms with Crippen LogP contribution in [0.3, 0.4) is 0 Å². The van der Waals surface area contributed by atoms with Crippen LogP contribution in [0.2, 0.25) is 0 Å². The molecule has 0 aliphatic heterocycles. The lowest BCUT2D eigenvalue weighted by atomic mass is 9.87. The first kappa shape index (κ1) is 24.2. The van der Waals surface area contributed by atoms with Gasteiger partial charge in [0.15, 0.2) is 0 Å². The minimum absolute atomic E-state index is 0.0369. The molecule has 5 heteroatoms. The van der Waals surface area contributed by atoms with Gasteiger partial charge in [-0.3, -0.25) is 15.1 Å². The second-order valence-electron chi connectivity index (χ2n) is 9.36. The topological polar surface area (TPSA) is 66.4 Å². The molecule has 0 bridgehead atoms. The van der Waals surface area contributed by atoms with E-state index in [0.29, 0.717) is 24.0 Å². The molecule has 3 aromatic rings. The predicted octanol–water partition coefficient (Wildman–Crippen LogP) is 6.29. The van der Waals surface area contributed by atoms with Crippen molar-refractivity contribution in [2.45, 2.75) is 58.9 Å². The van der Waals surface area contributed by atoms with E-state index in [1.807, 2.05) is 48.5 Å². The van der Waals surface area contributed by atoms with E-state index < -0.39 is 0 Å². The van der Waals surface area contributed by atoms with E-state index in [9.17, 15) is 4.79 Å². The van der Waals surface area contributed by atoms with Gasteiger partial charge in [-0.2, -0.15) is 0 Å². The van der Waals surface area contributed by atoms with Gasteiger partial charge in [0.1, 0.15) is 0 Å². The number of aromatic nitrogens is 1. The van der Waals surface area contributed by atoms with E-state index in [0.717, 1.165) is 17.7 Å². The number of hydrogen-bond acceptors (Lipinski definition) is 3. The molecule has 1 aromatic heterocycles. The zero-order valence-electron chi connectivity index (χ0n) is 20.2. The van der Waals surface area contributed by atoms with Crippen LogP contribution >= 0.6 is 0 Å². The summed E-state index contributed by atoms with van der Waals surface area (Å²) in [5.41, 5.74) is 4.99. The lowest BCUT2D eigenvalue weighted by molar-refractivity contribution is 0.0977. The highest BCUT2D eigenvalue weighted by atomic mass is 16.1. The molecule has 2 aromatic carbocycles. The van der Waals surface area contributed by atoms with Crippen LogP contribution in [0.5, 0.6) is 0 Å². The molecule has 0 saturated carbocycles. The van der Waals surface area contributed by atoms with Crippen molar-refractivity contribution >= 4 is 17.6 Å². The number of aliphatic imine (C=N–C) groups is 1. The normalized spacial score (nSPS) is 12.8. The van der Waals surface area contributed by atoms with Crippen molar-refractivity contribution in [1.82, 2.24) is 10.3 Å². The Balaban J connectivity index is 1.78. The second-order valence-corrected chi connectivity index (χ2v) is 9.36. The number of pyridine rings is 1. The summed E-state index contributed by atoms with van der Waals surface area (Å²) < 4.78 is 0. The lowest BCUT2D eigenvalue weighted by Crippen LogP contribution is -2.36. The maximum atomic E-state index is 13.0. The number of carbonyl (C=O) groups excluding carboxylic acids is 1. The maximum Gasteiger partial charge on any atom is 0.257 e. The van der Waals surface area contributed by atoms with E-state index in [2.05, 4.69) is 67.4 Å². The van der Waals surface area contributed by atoms with Crippen LogP contribution < -0.4 is 10.6 Å². The van der Waals surface area contributed by atoms with Gasteiger partial charge < -0.3 is 5.32 Å². The van der Waals surface area contributed by atoms with Crippen LogP contribution in [-0.4, -0.2) is 16.9 Å². The summed E-state index contributed by atoms with van der Waals surface area (Å²) in [6.07, 6.45) is 4.57. The number of hydrogen-bond donors (Lipinski definition) is 2. The first-order valence-electron chi connectivity index (χ1n) is 11.5. The Hall–Kier alpha value is -3.47. The minimum Gasteiger partial charge on any atom is -0.326 e. The fourth-order valence-electron chi connectivity index (χ4n) is 3.34. The van der Waals surface area contributed by atoms with E-state index in [-0.39, 0.29) is 11.3 Å². The summed E-state index contributed by atoms with van der Waals surface area (Å²) in [6.45, 7) is 11.3. The summed E-state index contributed by atoms with van der Waals surface area (Å²) in [5.74, 6) is 0.718. The second kappa shape index (κ2) is 10.9. The van der Waals surface area contributed by atoms with Gasteiger partial charge in [-0.15, -0.1) is 0 Å². The molecule has 0 radical (unpaired) electrons. The molecule has 1 amide bonds. The van der Waals surface area contributed by atoms with Gasteiger partial charge in [0.05, 0.1) is 6.54 Å². The standard InChI is InChI=1S/C28H34N4O/c1-6-20(2)22-9-13-25(14-10-22)31-27(30-19-21-15-17-29-18-16-21)32-26(33)23-7-11-24(12-8-23)28(3,4)5/h7-18,20H,6,19H2,1-5H3,(H2,30,31,32,33). The smallest absolute Gasteiger partial charge is 0.257 e. The first-order chi connectivity index (χ1) is 15.8. The predicted molar refractivity (Wildman–Crippen MR) is 137 cm³/mol. The average molecular weight is 443 g/mol. The third kappa shape index (κ3) is 7.01. The lowest BCUT2D eigenvalue weighted by Gasteiger charge is -2.19.